The van der Waals surface area contributed by atoms with Crippen LogP contribution in [0.1, 0.15) is 0 Å². The molecule has 0 fully saturated rings. The van der Waals surface area contributed by atoms with Crippen molar-refractivity contribution in [2.24, 2.45) is 0 Å². The summed E-state index contributed by atoms with van der Waals surface area (Å²) in [6, 6.07) is 12.3. The molecule has 4 N–H and O–H groups in total. The van der Waals surface area contributed by atoms with Crippen LogP contribution in [-0.4, -0.2) is 30.0 Å². The van der Waals surface area contributed by atoms with E-state index < -0.39 is 0 Å². The van der Waals surface area contributed by atoms with Crippen molar-refractivity contribution >= 4 is 21.7 Å². The van der Waals surface area contributed by atoms with Crippen molar-refractivity contribution in [3.8, 4) is 45.3 Å². The monoisotopic (exact) mass is 352 g/mol. The maximum atomic E-state index is 10.1. The molecule has 0 aliphatic rings. The van der Waals surface area contributed by atoms with E-state index >= 15 is 0 Å². The van der Waals surface area contributed by atoms with E-state index in [4.69, 9.17) is 0 Å². The molecule has 0 bridgehead atoms. The molecule has 0 saturated heterocycles. The van der Waals surface area contributed by atoms with Gasteiger partial charge in [-0.1, -0.05) is 16.6 Å². The number of rotatable bonds is 2. The summed E-state index contributed by atoms with van der Waals surface area (Å²) in [7, 11) is 0. The van der Waals surface area contributed by atoms with Gasteiger partial charge in [0.2, 0.25) is 0 Å². The second kappa shape index (κ2) is 5.64. The van der Waals surface area contributed by atoms with Crippen molar-refractivity contribution in [1.29, 1.82) is 0 Å². The molecule has 4 rings (SSSR count). The zero-order valence-corrected chi connectivity index (χ0v) is 13.5. The van der Waals surface area contributed by atoms with Crippen molar-refractivity contribution in [3.05, 3.63) is 48.5 Å². The van der Waals surface area contributed by atoms with Crippen molar-refractivity contribution < 1.29 is 20.4 Å². The van der Waals surface area contributed by atoms with Crippen LogP contribution in [0, 0.1) is 0 Å². The summed E-state index contributed by atoms with van der Waals surface area (Å²) in [5, 5.41) is 43.4. The Morgan fingerprint density at radius 3 is 1.76 bits per heavy atom. The molecule has 25 heavy (non-hydrogen) atoms. The van der Waals surface area contributed by atoms with Gasteiger partial charge in [-0.25, -0.2) is 0 Å². The highest BCUT2D eigenvalue weighted by atomic mass is 32.1. The quantitative estimate of drug-likeness (QED) is 0.437. The number of aromatic hydroxyl groups is 4. The van der Waals surface area contributed by atoms with Gasteiger partial charge in [0.05, 0.1) is 4.70 Å². The van der Waals surface area contributed by atoms with Crippen LogP contribution in [-0.2, 0) is 0 Å². The number of phenolic OH excluding ortho intramolecular Hbond substituents is 4. The van der Waals surface area contributed by atoms with E-state index in [9.17, 15) is 20.4 Å². The molecule has 124 valence electrons. The summed E-state index contributed by atoms with van der Waals surface area (Å²) in [5.74, 6) is -0.158. The van der Waals surface area contributed by atoms with Gasteiger partial charge in [0, 0.05) is 34.4 Å². The van der Waals surface area contributed by atoms with E-state index in [0.29, 0.717) is 22.2 Å². The molecular weight excluding hydrogens is 340 g/mol. The van der Waals surface area contributed by atoms with Gasteiger partial charge < -0.3 is 20.4 Å². The Hall–Kier alpha value is -3.32. The second-order valence-electron chi connectivity index (χ2n) is 5.51. The lowest BCUT2D eigenvalue weighted by Gasteiger charge is -2.10. The smallest absolute Gasteiger partial charge is 0.127 e. The van der Waals surface area contributed by atoms with E-state index in [2.05, 4.69) is 9.59 Å². The summed E-state index contributed by atoms with van der Waals surface area (Å²) < 4.78 is 4.74. The topological polar surface area (TPSA) is 107 Å². The first kappa shape index (κ1) is 15.2. The molecule has 0 aliphatic carbocycles. The van der Waals surface area contributed by atoms with E-state index in [0.717, 1.165) is 10.3 Å². The first-order chi connectivity index (χ1) is 12.0. The van der Waals surface area contributed by atoms with Crippen LogP contribution in [0.25, 0.3) is 32.5 Å². The normalized spacial score (nSPS) is 11.0. The van der Waals surface area contributed by atoms with Gasteiger partial charge >= 0.3 is 0 Å². The number of fused-ring (bicyclic) bond motifs is 1. The Morgan fingerprint density at radius 2 is 1.16 bits per heavy atom. The Morgan fingerprint density at radius 1 is 0.640 bits per heavy atom. The predicted octanol–water partition coefficient (Wildman–Crippen LogP) is 3.85. The molecule has 3 aromatic carbocycles. The van der Waals surface area contributed by atoms with Gasteiger partial charge in [-0.2, -0.15) is 0 Å². The van der Waals surface area contributed by atoms with Gasteiger partial charge in [0.25, 0.3) is 0 Å². The Kier molecular flexibility index (Phi) is 3.43. The third-order valence-corrected chi connectivity index (χ3v) is 4.71. The third-order valence-electron chi connectivity index (χ3n) is 3.95. The minimum atomic E-state index is -0.0606. The van der Waals surface area contributed by atoms with Crippen LogP contribution in [0.3, 0.4) is 0 Å². The van der Waals surface area contributed by atoms with Gasteiger partial charge in [-0.15, -0.1) is 5.10 Å². The SMILES string of the molecule is Oc1ccc(-c2ccc(-c3ccc(O)cc3O)c3snnc23)c(O)c1. The van der Waals surface area contributed by atoms with E-state index in [-0.39, 0.29) is 23.0 Å². The van der Waals surface area contributed by atoms with Crippen LogP contribution >= 0.6 is 11.5 Å². The van der Waals surface area contributed by atoms with Crippen molar-refractivity contribution in [1.82, 2.24) is 9.59 Å². The molecule has 0 radical (unpaired) electrons. The number of benzene rings is 3. The van der Waals surface area contributed by atoms with Crippen molar-refractivity contribution in [3.63, 3.8) is 0 Å². The lowest BCUT2D eigenvalue weighted by atomic mass is 9.97. The molecule has 1 aromatic heterocycles. The Balaban J connectivity index is 1.96. The summed E-state index contributed by atoms with van der Waals surface area (Å²) in [6.07, 6.45) is 0. The van der Waals surface area contributed by atoms with Crippen LogP contribution in [0.15, 0.2) is 48.5 Å². The fourth-order valence-electron chi connectivity index (χ4n) is 2.79. The molecule has 0 saturated carbocycles. The minimum Gasteiger partial charge on any atom is -0.508 e. The third kappa shape index (κ3) is 2.50. The van der Waals surface area contributed by atoms with E-state index in [1.807, 2.05) is 0 Å². The molecular formula is C18H12N2O4S. The fraction of sp³-hybridized carbons (Fsp3) is 0. The van der Waals surface area contributed by atoms with Crippen LogP contribution in [0.5, 0.6) is 23.0 Å². The standard InChI is InChI=1S/C18H12N2O4S/c21-9-1-3-11(15(23)7-9)13-5-6-14(18-17(13)19-20-25-18)12-4-2-10(22)8-16(12)24/h1-8,21-24H. The first-order valence-electron chi connectivity index (χ1n) is 7.34. The molecule has 0 aliphatic heterocycles. The van der Waals surface area contributed by atoms with Crippen molar-refractivity contribution in [2.45, 2.75) is 0 Å². The predicted molar refractivity (Wildman–Crippen MR) is 94.9 cm³/mol. The van der Waals surface area contributed by atoms with Crippen LogP contribution in [0.2, 0.25) is 0 Å². The molecule has 0 unspecified atom stereocenters. The highest BCUT2D eigenvalue weighted by Gasteiger charge is 2.17. The average Bonchev–Trinajstić information content (AvgIpc) is 3.05. The number of hydrogen-bond donors (Lipinski definition) is 4. The molecule has 0 atom stereocenters. The molecule has 0 spiro atoms. The lowest BCUT2D eigenvalue weighted by molar-refractivity contribution is 0.451. The maximum Gasteiger partial charge on any atom is 0.127 e. The van der Waals surface area contributed by atoms with Crippen molar-refractivity contribution in [2.75, 3.05) is 0 Å². The number of hydrogen-bond acceptors (Lipinski definition) is 7. The minimum absolute atomic E-state index is 0.0226. The van der Waals surface area contributed by atoms with Gasteiger partial charge in [-0.05, 0) is 35.8 Å². The van der Waals surface area contributed by atoms with Gasteiger partial charge in [0.1, 0.15) is 28.5 Å². The summed E-state index contributed by atoms with van der Waals surface area (Å²) in [4.78, 5) is 0. The molecule has 1 heterocycles. The van der Waals surface area contributed by atoms with Crippen LogP contribution < -0.4 is 0 Å². The zero-order valence-electron chi connectivity index (χ0n) is 12.7. The molecule has 0 amide bonds. The van der Waals surface area contributed by atoms with E-state index in [1.54, 1.807) is 24.3 Å². The highest BCUT2D eigenvalue weighted by Crippen LogP contribution is 2.42. The highest BCUT2D eigenvalue weighted by molar-refractivity contribution is 7.13. The molecule has 4 aromatic rings. The Labute approximate surface area is 146 Å². The number of nitrogens with zero attached hydrogens (tertiary/aromatic N) is 2. The zero-order chi connectivity index (χ0) is 17.6. The number of aromatic nitrogens is 2. The first-order valence-corrected chi connectivity index (χ1v) is 8.11. The number of phenols is 4. The Bertz CT molecular complexity index is 1020. The van der Waals surface area contributed by atoms with Crippen LogP contribution in [0.4, 0.5) is 0 Å². The van der Waals surface area contributed by atoms with E-state index in [1.165, 1.54) is 35.8 Å². The van der Waals surface area contributed by atoms with Gasteiger partial charge in [0.15, 0.2) is 0 Å². The fourth-order valence-corrected chi connectivity index (χ4v) is 3.51. The largest absolute Gasteiger partial charge is 0.508 e. The summed E-state index contributed by atoms with van der Waals surface area (Å²) in [5.41, 5.74) is 3.05. The molecule has 7 heteroatoms. The lowest BCUT2D eigenvalue weighted by Crippen LogP contribution is -1.86. The summed E-state index contributed by atoms with van der Waals surface area (Å²) in [6.45, 7) is 0. The molecule has 6 nitrogen and oxygen atoms in total. The van der Waals surface area contributed by atoms with Gasteiger partial charge in [-0.3, -0.25) is 0 Å². The average molecular weight is 352 g/mol. The summed E-state index contributed by atoms with van der Waals surface area (Å²) >= 11 is 1.17. The maximum absolute atomic E-state index is 10.1. The second-order valence-corrected chi connectivity index (χ2v) is 6.27.